The highest BCUT2D eigenvalue weighted by Gasteiger charge is 2.30. The van der Waals surface area contributed by atoms with Crippen LogP contribution in [0.1, 0.15) is 50.2 Å². The van der Waals surface area contributed by atoms with Gasteiger partial charge in [-0.1, -0.05) is 67.8 Å². The summed E-state index contributed by atoms with van der Waals surface area (Å²) in [6.07, 6.45) is 5.02. The number of hydrogen-bond donors (Lipinski definition) is 1. The fraction of sp³-hybridized carbons (Fsp3) is 0.440. The normalized spacial score (nSPS) is 15.0. The molecule has 0 heterocycles. The van der Waals surface area contributed by atoms with Crippen LogP contribution in [0, 0.1) is 6.92 Å². The molecule has 0 bridgehead atoms. The predicted octanol–water partition coefficient (Wildman–Crippen LogP) is 4.95. The molecule has 1 atom stereocenters. The molecule has 1 saturated carbocycles. The van der Waals surface area contributed by atoms with Crippen LogP contribution in [0.25, 0.3) is 0 Å². The minimum atomic E-state index is -0.448. The van der Waals surface area contributed by atoms with Gasteiger partial charge in [-0.3, -0.25) is 9.59 Å². The second kappa shape index (κ2) is 11.2. The van der Waals surface area contributed by atoms with Crippen molar-refractivity contribution in [3.8, 4) is 0 Å². The van der Waals surface area contributed by atoms with Crippen LogP contribution in [0.2, 0.25) is 0 Å². The Morgan fingerprint density at radius 3 is 2.37 bits per heavy atom. The van der Waals surface area contributed by atoms with Crippen LogP contribution in [0.4, 0.5) is 0 Å². The van der Waals surface area contributed by atoms with Crippen LogP contribution in [-0.4, -0.2) is 34.6 Å². The highest BCUT2D eigenvalue weighted by molar-refractivity contribution is 8.00. The Balaban J connectivity index is 1.74. The maximum absolute atomic E-state index is 13.3. The fourth-order valence-corrected chi connectivity index (χ4v) is 4.73. The van der Waals surface area contributed by atoms with Crippen LogP contribution in [0.5, 0.6) is 0 Å². The number of nitrogens with zero attached hydrogens (tertiary/aromatic N) is 1. The largest absolute Gasteiger partial charge is 0.352 e. The lowest BCUT2D eigenvalue weighted by Gasteiger charge is -2.31. The first-order valence-corrected chi connectivity index (χ1v) is 11.9. The molecule has 0 unspecified atom stereocenters. The topological polar surface area (TPSA) is 49.4 Å². The molecular weight excluding hydrogens is 392 g/mol. The monoisotopic (exact) mass is 424 g/mol. The van der Waals surface area contributed by atoms with Gasteiger partial charge in [-0.25, -0.2) is 0 Å². The van der Waals surface area contributed by atoms with E-state index in [-0.39, 0.29) is 17.9 Å². The van der Waals surface area contributed by atoms with E-state index in [2.05, 4.69) is 17.4 Å². The van der Waals surface area contributed by atoms with Crippen molar-refractivity contribution in [2.45, 2.75) is 69.5 Å². The molecule has 2 aromatic rings. The maximum Gasteiger partial charge on any atom is 0.243 e. The summed E-state index contributed by atoms with van der Waals surface area (Å²) in [5.74, 6) is 0.302. The average molecular weight is 425 g/mol. The molecule has 0 aliphatic heterocycles. The minimum Gasteiger partial charge on any atom is -0.352 e. The number of rotatable bonds is 9. The fourth-order valence-electron chi connectivity index (χ4n) is 3.92. The first-order chi connectivity index (χ1) is 14.6. The van der Waals surface area contributed by atoms with Gasteiger partial charge in [-0.05, 0) is 43.9 Å². The van der Waals surface area contributed by atoms with Gasteiger partial charge in [0.05, 0.1) is 5.75 Å². The van der Waals surface area contributed by atoms with E-state index in [1.807, 2.05) is 56.3 Å². The lowest BCUT2D eigenvalue weighted by molar-refractivity contribution is -0.139. The Hall–Kier alpha value is -2.27. The molecule has 1 N–H and O–H groups in total. The van der Waals surface area contributed by atoms with Crippen LogP contribution in [0.15, 0.2) is 59.5 Å². The summed E-state index contributed by atoms with van der Waals surface area (Å²) in [4.78, 5) is 29.2. The van der Waals surface area contributed by atoms with Crippen molar-refractivity contribution in [2.75, 3.05) is 5.75 Å². The minimum absolute atomic E-state index is 0.00199. The summed E-state index contributed by atoms with van der Waals surface area (Å²) in [5, 5.41) is 3.19. The van der Waals surface area contributed by atoms with E-state index in [0.717, 1.165) is 23.3 Å². The Morgan fingerprint density at radius 2 is 1.73 bits per heavy atom. The van der Waals surface area contributed by atoms with Gasteiger partial charge in [0.2, 0.25) is 11.8 Å². The highest BCUT2D eigenvalue weighted by Crippen LogP contribution is 2.22. The summed E-state index contributed by atoms with van der Waals surface area (Å²) in [6, 6.07) is 17.9. The molecule has 160 valence electrons. The number of aryl methyl sites for hydroxylation is 1. The van der Waals surface area contributed by atoms with Gasteiger partial charge in [0, 0.05) is 17.5 Å². The zero-order valence-electron chi connectivity index (χ0n) is 18.0. The summed E-state index contributed by atoms with van der Waals surface area (Å²) in [6.45, 7) is 4.48. The van der Waals surface area contributed by atoms with Crippen LogP contribution >= 0.6 is 11.8 Å². The van der Waals surface area contributed by atoms with E-state index in [1.54, 1.807) is 4.90 Å². The first-order valence-electron chi connectivity index (χ1n) is 10.9. The lowest BCUT2D eigenvalue weighted by Crippen LogP contribution is -2.51. The van der Waals surface area contributed by atoms with E-state index in [4.69, 9.17) is 0 Å². The van der Waals surface area contributed by atoms with Gasteiger partial charge in [0.25, 0.3) is 0 Å². The van der Waals surface area contributed by atoms with Crippen LogP contribution < -0.4 is 5.32 Å². The van der Waals surface area contributed by atoms with Gasteiger partial charge < -0.3 is 10.2 Å². The molecule has 0 spiro atoms. The van der Waals surface area contributed by atoms with E-state index in [0.29, 0.717) is 18.7 Å². The van der Waals surface area contributed by atoms with Gasteiger partial charge >= 0.3 is 0 Å². The van der Waals surface area contributed by atoms with Crippen molar-refractivity contribution in [1.29, 1.82) is 0 Å². The SMILES string of the molecule is CC[C@H](C(=O)NC1CCCC1)N(Cc1ccc(C)cc1)C(=O)CSc1ccccc1. The van der Waals surface area contributed by atoms with E-state index in [9.17, 15) is 9.59 Å². The van der Waals surface area contributed by atoms with Crippen molar-refractivity contribution in [3.63, 3.8) is 0 Å². The van der Waals surface area contributed by atoms with E-state index < -0.39 is 6.04 Å². The molecule has 1 fully saturated rings. The predicted molar refractivity (Wildman–Crippen MR) is 123 cm³/mol. The Labute approximate surface area is 184 Å². The van der Waals surface area contributed by atoms with Gasteiger partial charge in [0.1, 0.15) is 6.04 Å². The van der Waals surface area contributed by atoms with E-state index in [1.165, 1.54) is 30.2 Å². The molecule has 2 aromatic carbocycles. The molecule has 0 radical (unpaired) electrons. The molecule has 0 aromatic heterocycles. The Kier molecular flexibility index (Phi) is 8.38. The standard InChI is InChI=1S/C25H32N2O2S/c1-3-23(25(29)26-21-9-7-8-10-21)27(17-20-15-13-19(2)14-16-20)24(28)18-30-22-11-5-4-6-12-22/h4-6,11-16,21,23H,3,7-10,17-18H2,1-2H3,(H,26,29)/t23-/m1/s1. The maximum atomic E-state index is 13.3. The third kappa shape index (κ3) is 6.36. The molecule has 4 nitrogen and oxygen atoms in total. The second-order valence-corrected chi connectivity index (χ2v) is 9.07. The number of amides is 2. The number of hydrogen-bond acceptors (Lipinski definition) is 3. The lowest BCUT2D eigenvalue weighted by atomic mass is 10.1. The molecule has 3 rings (SSSR count). The number of nitrogens with one attached hydrogen (secondary N) is 1. The number of carbonyl (C=O) groups excluding carboxylic acids is 2. The number of thioether (sulfide) groups is 1. The van der Waals surface area contributed by atoms with Gasteiger partial charge in [-0.2, -0.15) is 0 Å². The Morgan fingerprint density at radius 1 is 1.07 bits per heavy atom. The molecule has 30 heavy (non-hydrogen) atoms. The summed E-state index contributed by atoms with van der Waals surface area (Å²) >= 11 is 1.52. The van der Waals surface area contributed by atoms with Crippen molar-refractivity contribution < 1.29 is 9.59 Å². The summed E-state index contributed by atoms with van der Waals surface area (Å²) in [7, 11) is 0. The van der Waals surface area contributed by atoms with Crippen molar-refractivity contribution in [3.05, 3.63) is 65.7 Å². The van der Waals surface area contributed by atoms with Crippen molar-refractivity contribution in [2.24, 2.45) is 0 Å². The highest BCUT2D eigenvalue weighted by atomic mass is 32.2. The van der Waals surface area contributed by atoms with Gasteiger partial charge in [0.15, 0.2) is 0 Å². The molecular formula is C25H32N2O2S. The molecule has 1 aliphatic carbocycles. The summed E-state index contributed by atoms with van der Waals surface area (Å²) in [5.41, 5.74) is 2.23. The van der Waals surface area contributed by atoms with Gasteiger partial charge in [-0.15, -0.1) is 11.8 Å². The molecule has 1 aliphatic rings. The van der Waals surface area contributed by atoms with Crippen molar-refractivity contribution in [1.82, 2.24) is 10.2 Å². The zero-order valence-corrected chi connectivity index (χ0v) is 18.8. The van der Waals surface area contributed by atoms with E-state index >= 15 is 0 Å². The zero-order chi connectivity index (χ0) is 21.3. The molecule has 2 amide bonds. The third-order valence-electron chi connectivity index (χ3n) is 5.67. The second-order valence-electron chi connectivity index (χ2n) is 8.02. The van der Waals surface area contributed by atoms with Crippen LogP contribution in [-0.2, 0) is 16.1 Å². The van der Waals surface area contributed by atoms with Crippen LogP contribution in [0.3, 0.4) is 0 Å². The molecule has 5 heteroatoms. The summed E-state index contributed by atoms with van der Waals surface area (Å²) < 4.78 is 0. The first kappa shape index (κ1) is 22.4. The Bertz CT molecular complexity index is 817. The third-order valence-corrected chi connectivity index (χ3v) is 6.66. The molecule has 0 saturated heterocycles. The average Bonchev–Trinajstić information content (AvgIpc) is 3.27. The quantitative estimate of drug-likeness (QED) is 0.579. The number of carbonyl (C=O) groups is 2. The smallest absolute Gasteiger partial charge is 0.243 e. The van der Waals surface area contributed by atoms with Crippen molar-refractivity contribution >= 4 is 23.6 Å². The number of benzene rings is 2.